The van der Waals surface area contributed by atoms with Gasteiger partial charge in [0.15, 0.2) is 11.5 Å². The van der Waals surface area contributed by atoms with E-state index >= 15 is 0 Å². The average molecular weight is 297 g/mol. The number of ether oxygens (including phenoxy) is 3. The van der Waals surface area contributed by atoms with Crippen molar-refractivity contribution in [3.05, 3.63) is 23.8 Å². The molecule has 1 aromatic rings. The third kappa shape index (κ3) is 5.61. The topological polar surface area (TPSA) is 80.5 Å². The molecule has 2 N–H and O–H groups in total. The van der Waals surface area contributed by atoms with Gasteiger partial charge in [0, 0.05) is 5.56 Å². The van der Waals surface area contributed by atoms with Gasteiger partial charge in [0.05, 0.1) is 25.5 Å². The Morgan fingerprint density at radius 3 is 2.52 bits per heavy atom. The molecule has 0 spiro atoms. The standard InChI is InChI=1S/C15H23NO5/c1-10(2)20-8-13(17)9-21-14-6-5-12(11(3)16-18)7-15(14)19-4/h5-7,10,13,17-18H,8-9H2,1-4H3. The van der Waals surface area contributed by atoms with Crippen LogP contribution in [0.25, 0.3) is 0 Å². The first kappa shape index (κ1) is 17.3. The molecule has 1 atom stereocenters. The van der Waals surface area contributed by atoms with Crippen LogP contribution >= 0.6 is 0 Å². The Kier molecular flexibility index (Phi) is 6.98. The van der Waals surface area contributed by atoms with Crippen LogP contribution in [0.3, 0.4) is 0 Å². The molecule has 6 nitrogen and oxygen atoms in total. The molecule has 118 valence electrons. The van der Waals surface area contributed by atoms with Gasteiger partial charge in [-0.1, -0.05) is 5.16 Å². The zero-order chi connectivity index (χ0) is 15.8. The molecule has 0 bridgehead atoms. The molecule has 0 aromatic heterocycles. The van der Waals surface area contributed by atoms with Crippen LogP contribution in [0.15, 0.2) is 23.4 Å². The molecule has 0 aliphatic rings. The molecule has 0 amide bonds. The fourth-order valence-electron chi connectivity index (χ4n) is 1.61. The number of benzene rings is 1. The second-order valence-corrected chi connectivity index (χ2v) is 4.90. The first-order valence-electron chi connectivity index (χ1n) is 6.77. The highest BCUT2D eigenvalue weighted by Crippen LogP contribution is 2.28. The Bertz CT molecular complexity index is 473. The molecule has 0 aliphatic heterocycles. The number of oxime groups is 1. The lowest BCUT2D eigenvalue weighted by Gasteiger charge is -2.16. The van der Waals surface area contributed by atoms with E-state index in [2.05, 4.69) is 5.16 Å². The Hall–Kier alpha value is -1.79. The van der Waals surface area contributed by atoms with Gasteiger partial charge in [-0.3, -0.25) is 0 Å². The molecule has 1 unspecified atom stereocenters. The minimum Gasteiger partial charge on any atom is -0.493 e. The van der Waals surface area contributed by atoms with Gasteiger partial charge >= 0.3 is 0 Å². The zero-order valence-electron chi connectivity index (χ0n) is 12.9. The quantitative estimate of drug-likeness (QED) is 0.436. The zero-order valence-corrected chi connectivity index (χ0v) is 12.9. The summed E-state index contributed by atoms with van der Waals surface area (Å²) < 4.78 is 16.1. The minimum absolute atomic E-state index is 0.0641. The van der Waals surface area contributed by atoms with Gasteiger partial charge in [-0.15, -0.1) is 0 Å². The maximum Gasteiger partial charge on any atom is 0.161 e. The number of hydrogen-bond acceptors (Lipinski definition) is 6. The minimum atomic E-state index is -0.711. The van der Waals surface area contributed by atoms with Crippen LogP contribution in [0.1, 0.15) is 26.3 Å². The van der Waals surface area contributed by atoms with Gasteiger partial charge in [0.25, 0.3) is 0 Å². The third-order valence-corrected chi connectivity index (χ3v) is 2.78. The molecule has 1 aromatic carbocycles. The van der Waals surface area contributed by atoms with E-state index in [-0.39, 0.29) is 19.3 Å². The summed E-state index contributed by atoms with van der Waals surface area (Å²) >= 11 is 0. The normalized spacial score (nSPS) is 13.3. The number of aliphatic hydroxyl groups excluding tert-OH is 1. The maximum atomic E-state index is 9.76. The number of nitrogens with zero attached hydrogens (tertiary/aromatic N) is 1. The molecule has 0 fully saturated rings. The molecule has 0 radical (unpaired) electrons. The van der Waals surface area contributed by atoms with Gasteiger partial charge in [-0.05, 0) is 39.0 Å². The Labute approximate surface area is 124 Å². The molecule has 0 saturated heterocycles. The lowest BCUT2D eigenvalue weighted by atomic mass is 10.1. The number of rotatable bonds is 8. The van der Waals surface area contributed by atoms with Gasteiger partial charge in [0.2, 0.25) is 0 Å². The van der Waals surface area contributed by atoms with E-state index in [0.29, 0.717) is 17.2 Å². The van der Waals surface area contributed by atoms with Crippen molar-refractivity contribution in [2.24, 2.45) is 5.16 Å². The Morgan fingerprint density at radius 2 is 1.95 bits per heavy atom. The predicted molar refractivity (Wildman–Crippen MR) is 79.6 cm³/mol. The fourth-order valence-corrected chi connectivity index (χ4v) is 1.61. The summed E-state index contributed by atoms with van der Waals surface area (Å²) in [6.07, 6.45) is -0.647. The number of methoxy groups -OCH3 is 1. The van der Waals surface area contributed by atoms with Crippen LogP contribution in [-0.2, 0) is 4.74 Å². The van der Waals surface area contributed by atoms with Gasteiger partial charge in [-0.25, -0.2) is 0 Å². The lowest BCUT2D eigenvalue weighted by Crippen LogP contribution is -2.25. The van der Waals surface area contributed by atoms with Crippen molar-refractivity contribution in [2.45, 2.75) is 33.0 Å². The lowest BCUT2D eigenvalue weighted by molar-refractivity contribution is -0.0125. The van der Waals surface area contributed by atoms with Crippen molar-refractivity contribution in [1.29, 1.82) is 0 Å². The van der Waals surface area contributed by atoms with E-state index < -0.39 is 6.10 Å². The molecule has 0 aliphatic carbocycles. The van der Waals surface area contributed by atoms with Crippen LogP contribution in [-0.4, -0.2) is 48.6 Å². The molecular formula is C15H23NO5. The molecule has 0 saturated carbocycles. The molecule has 0 heterocycles. The van der Waals surface area contributed by atoms with E-state index in [1.54, 1.807) is 25.1 Å². The van der Waals surface area contributed by atoms with Crippen LogP contribution < -0.4 is 9.47 Å². The van der Waals surface area contributed by atoms with Crippen molar-refractivity contribution in [3.8, 4) is 11.5 Å². The van der Waals surface area contributed by atoms with Crippen LogP contribution in [0, 0.1) is 0 Å². The van der Waals surface area contributed by atoms with Crippen molar-refractivity contribution < 1.29 is 24.5 Å². The summed E-state index contributed by atoms with van der Waals surface area (Å²) in [5, 5.41) is 21.7. The van der Waals surface area contributed by atoms with E-state index in [4.69, 9.17) is 19.4 Å². The monoisotopic (exact) mass is 297 g/mol. The highest BCUT2D eigenvalue weighted by Gasteiger charge is 2.11. The third-order valence-electron chi connectivity index (χ3n) is 2.78. The molecule has 1 rings (SSSR count). The molecule has 6 heteroatoms. The van der Waals surface area contributed by atoms with Crippen LogP contribution in [0.4, 0.5) is 0 Å². The number of hydrogen-bond donors (Lipinski definition) is 2. The molecular weight excluding hydrogens is 274 g/mol. The smallest absolute Gasteiger partial charge is 0.161 e. The summed E-state index contributed by atoms with van der Waals surface area (Å²) in [6, 6.07) is 5.17. The van der Waals surface area contributed by atoms with Crippen molar-refractivity contribution in [1.82, 2.24) is 0 Å². The summed E-state index contributed by atoms with van der Waals surface area (Å²) in [6.45, 7) is 5.81. The van der Waals surface area contributed by atoms with E-state index in [1.807, 2.05) is 13.8 Å². The van der Waals surface area contributed by atoms with E-state index in [1.165, 1.54) is 7.11 Å². The Morgan fingerprint density at radius 1 is 1.24 bits per heavy atom. The fraction of sp³-hybridized carbons (Fsp3) is 0.533. The summed E-state index contributed by atoms with van der Waals surface area (Å²) in [4.78, 5) is 0. The van der Waals surface area contributed by atoms with Crippen molar-refractivity contribution >= 4 is 5.71 Å². The number of aliphatic hydroxyl groups is 1. The van der Waals surface area contributed by atoms with Crippen LogP contribution in [0.2, 0.25) is 0 Å². The Balaban J connectivity index is 2.66. The summed E-state index contributed by atoms with van der Waals surface area (Å²) in [5.41, 5.74) is 1.20. The van der Waals surface area contributed by atoms with E-state index in [9.17, 15) is 5.11 Å². The highest BCUT2D eigenvalue weighted by atomic mass is 16.5. The predicted octanol–water partition coefficient (Wildman–Crippen LogP) is 2.06. The first-order valence-corrected chi connectivity index (χ1v) is 6.77. The maximum absolute atomic E-state index is 9.76. The first-order chi connectivity index (χ1) is 9.97. The highest BCUT2D eigenvalue weighted by molar-refractivity contribution is 5.98. The van der Waals surface area contributed by atoms with Gasteiger partial charge < -0.3 is 24.5 Å². The van der Waals surface area contributed by atoms with Crippen molar-refractivity contribution in [2.75, 3.05) is 20.3 Å². The SMILES string of the molecule is COc1cc(C(C)=NO)ccc1OCC(O)COC(C)C. The second kappa shape index (κ2) is 8.49. The van der Waals surface area contributed by atoms with Gasteiger partial charge in [-0.2, -0.15) is 0 Å². The van der Waals surface area contributed by atoms with Crippen LogP contribution in [0.5, 0.6) is 11.5 Å². The van der Waals surface area contributed by atoms with Crippen molar-refractivity contribution in [3.63, 3.8) is 0 Å². The van der Waals surface area contributed by atoms with E-state index in [0.717, 1.165) is 5.56 Å². The second-order valence-electron chi connectivity index (χ2n) is 4.90. The summed E-state index contributed by atoms with van der Waals surface area (Å²) in [7, 11) is 1.52. The largest absolute Gasteiger partial charge is 0.493 e. The average Bonchev–Trinajstić information content (AvgIpc) is 2.49. The van der Waals surface area contributed by atoms with Gasteiger partial charge in [0.1, 0.15) is 12.7 Å². The summed E-state index contributed by atoms with van der Waals surface area (Å²) in [5.74, 6) is 1.02. The molecule has 21 heavy (non-hydrogen) atoms.